The number of anilines is 1. The minimum absolute atomic E-state index is 0.103. The Hall–Kier alpha value is -3.55. The van der Waals surface area contributed by atoms with E-state index in [9.17, 15) is 14.4 Å². The number of amides is 1. The van der Waals surface area contributed by atoms with Gasteiger partial charge in [-0.1, -0.05) is 37.3 Å². The van der Waals surface area contributed by atoms with Gasteiger partial charge in [0.25, 0.3) is 0 Å². The zero-order chi connectivity index (χ0) is 26.9. The Balaban J connectivity index is 2.73. The summed E-state index contributed by atoms with van der Waals surface area (Å²) in [6.45, 7) is 10.6. The molecule has 0 aliphatic heterocycles. The normalized spacial score (nSPS) is 12.9. The van der Waals surface area contributed by atoms with Crippen LogP contribution in [0.4, 0.5) is 10.5 Å². The van der Waals surface area contributed by atoms with Crippen molar-refractivity contribution in [3.05, 3.63) is 60.2 Å². The van der Waals surface area contributed by atoms with E-state index in [4.69, 9.17) is 18.9 Å². The zero-order valence-corrected chi connectivity index (χ0v) is 22.1. The minimum Gasteiger partial charge on any atom is -0.497 e. The van der Waals surface area contributed by atoms with Crippen molar-refractivity contribution in [2.24, 2.45) is 11.8 Å². The summed E-state index contributed by atoms with van der Waals surface area (Å²) in [5.74, 6) is -2.80. The van der Waals surface area contributed by atoms with Crippen LogP contribution in [0.3, 0.4) is 0 Å². The van der Waals surface area contributed by atoms with Crippen molar-refractivity contribution >= 4 is 23.7 Å². The van der Waals surface area contributed by atoms with Crippen LogP contribution in [0.2, 0.25) is 0 Å². The minimum atomic E-state index is -1.27. The fraction of sp³-hybridized carbons (Fsp3) is 0.464. The lowest BCUT2D eigenvalue weighted by Crippen LogP contribution is -2.46. The van der Waals surface area contributed by atoms with Crippen molar-refractivity contribution in [1.29, 1.82) is 0 Å². The van der Waals surface area contributed by atoms with Gasteiger partial charge in [0.2, 0.25) is 0 Å². The number of methoxy groups -OCH3 is 1. The maximum Gasteiger partial charge on any atom is 0.415 e. The van der Waals surface area contributed by atoms with Crippen LogP contribution in [0, 0.1) is 11.8 Å². The smallest absolute Gasteiger partial charge is 0.415 e. The number of ether oxygens (including phenoxy) is 4. The van der Waals surface area contributed by atoms with Crippen LogP contribution >= 0.6 is 0 Å². The Morgan fingerprint density at radius 1 is 0.861 bits per heavy atom. The predicted molar refractivity (Wildman–Crippen MR) is 137 cm³/mol. The molecular weight excluding hydrogens is 462 g/mol. The fourth-order valence-electron chi connectivity index (χ4n) is 3.94. The molecule has 2 rings (SSSR count). The van der Waals surface area contributed by atoms with Crippen LogP contribution in [0.15, 0.2) is 54.6 Å². The third-order valence-corrected chi connectivity index (χ3v) is 5.46. The van der Waals surface area contributed by atoms with E-state index in [0.717, 1.165) is 0 Å². The second-order valence-electron chi connectivity index (χ2n) is 9.24. The van der Waals surface area contributed by atoms with Crippen molar-refractivity contribution in [3.8, 4) is 5.75 Å². The van der Waals surface area contributed by atoms with Crippen molar-refractivity contribution in [2.45, 2.75) is 53.2 Å². The van der Waals surface area contributed by atoms with E-state index in [2.05, 4.69) is 0 Å². The Labute approximate surface area is 213 Å². The van der Waals surface area contributed by atoms with Gasteiger partial charge in [0, 0.05) is 11.6 Å². The van der Waals surface area contributed by atoms with Crippen LogP contribution in [0.5, 0.6) is 5.75 Å². The van der Waals surface area contributed by atoms with E-state index in [1.807, 2.05) is 30.3 Å². The molecule has 0 radical (unpaired) electrons. The van der Waals surface area contributed by atoms with E-state index in [1.165, 1.54) is 4.90 Å². The molecule has 8 nitrogen and oxygen atoms in total. The van der Waals surface area contributed by atoms with E-state index >= 15 is 0 Å². The van der Waals surface area contributed by atoms with Gasteiger partial charge in [-0.3, -0.25) is 14.5 Å². The predicted octanol–water partition coefficient (Wildman–Crippen LogP) is 5.56. The lowest BCUT2D eigenvalue weighted by Gasteiger charge is -2.38. The molecule has 0 aliphatic carbocycles. The Bertz CT molecular complexity index is 981. The third kappa shape index (κ3) is 7.47. The summed E-state index contributed by atoms with van der Waals surface area (Å²) in [6.07, 6.45) is -0.625. The maximum absolute atomic E-state index is 13.7. The first-order chi connectivity index (χ1) is 17.0. The molecule has 2 aromatic rings. The largest absolute Gasteiger partial charge is 0.497 e. The Kier molecular flexibility index (Phi) is 10.3. The highest BCUT2D eigenvalue weighted by Gasteiger charge is 2.44. The highest BCUT2D eigenvalue weighted by molar-refractivity contribution is 5.96. The van der Waals surface area contributed by atoms with E-state index in [1.54, 1.807) is 72.9 Å². The molecular formula is C28H37NO7. The molecule has 0 bridgehead atoms. The molecule has 0 spiro atoms. The van der Waals surface area contributed by atoms with Crippen molar-refractivity contribution in [3.63, 3.8) is 0 Å². The molecule has 36 heavy (non-hydrogen) atoms. The monoisotopic (exact) mass is 499 g/mol. The zero-order valence-electron chi connectivity index (χ0n) is 22.1. The molecule has 2 aromatic carbocycles. The first kappa shape index (κ1) is 28.7. The fourth-order valence-corrected chi connectivity index (χ4v) is 3.94. The first-order valence-electron chi connectivity index (χ1n) is 12.1. The van der Waals surface area contributed by atoms with Gasteiger partial charge in [-0.05, 0) is 64.4 Å². The van der Waals surface area contributed by atoms with Crippen molar-refractivity contribution in [1.82, 2.24) is 0 Å². The molecule has 2 atom stereocenters. The average molecular weight is 500 g/mol. The number of carbonyl (C=O) groups excluding carboxylic acids is 3. The van der Waals surface area contributed by atoms with Gasteiger partial charge in [0.05, 0.1) is 26.4 Å². The molecule has 0 saturated heterocycles. The summed E-state index contributed by atoms with van der Waals surface area (Å²) in [7, 11) is 1.55. The van der Waals surface area contributed by atoms with Gasteiger partial charge in [-0.25, -0.2) is 4.79 Å². The van der Waals surface area contributed by atoms with Crippen molar-refractivity contribution < 1.29 is 33.3 Å². The van der Waals surface area contributed by atoms with Gasteiger partial charge >= 0.3 is 18.0 Å². The van der Waals surface area contributed by atoms with Gasteiger partial charge in [0.15, 0.2) is 5.92 Å². The molecule has 0 saturated carbocycles. The van der Waals surface area contributed by atoms with Crippen molar-refractivity contribution in [2.75, 3.05) is 25.2 Å². The number of hydrogen-bond acceptors (Lipinski definition) is 7. The third-order valence-electron chi connectivity index (χ3n) is 5.46. The topological polar surface area (TPSA) is 91.4 Å². The summed E-state index contributed by atoms with van der Waals surface area (Å²) in [5, 5.41) is 0. The summed E-state index contributed by atoms with van der Waals surface area (Å²) in [4.78, 5) is 41.2. The number of rotatable bonds is 10. The quantitative estimate of drug-likeness (QED) is 0.240. The lowest BCUT2D eigenvalue weighted by molar-refractivity contribution is -0.164. The Morgan fingerprint density at radius 2 is 1.39 bits per heavy atom. The number of carbonyl (C=O) groups is 3. The summed E-state index contributed by atoms with van der Waals surface area (Å²) in [5.41, 5.74) is 0.441. The van der Waals surface area contributed by atoms with E-state index in [-0.39, 0.29) is 13.2 Å². The lowest BCUT2D eigenvalue weighted by atomic mass is 9.82. The van der Waals surface area contributed by atoms with E-state index in [0.29, 0.717) is 17.0 Å². The molecule has 0 N–H and O–H groups in total. The second kappa shape index (κ2) is 13.0. The standard InChI is InChI=1S/C28H37NO7/c1-8-34-25(30)23(26(31)35-9-2)19(3)24(20-13-11-10-12-14-20)29(27(32)36-28(4,5)6)21-15-17-22(33-7)18-16-21/h10-19,23-24H,8-9H2,1-7H3/t19-,24+/m1/s1. The maximum atomic E-state index is 13.7. The summed E-state index contributed by atoms with van der Waals surface area (Å²) >= 11 is 0. The number of nitrogens with zero attached hydrogens (tertiary/aromatic N) is 1. The highest BCUT2D eigenvalue weighted by atomic mass is 16.6. The van der Waals surface area contributed by atoms with Crippen LogP contribution in [0.25, 0.3) is 0 Å². The van der Waals surface area contributed by atoms with Crippen LogP contribution < -0.4 is 9.64 Å². The SMILES string of the molecule is CCOC(=O)C(C(=O)OCC)[C@@H](C)[C@@H](c1ccccc1)N(C(=O)OC(C)(C)C)c1ccc(OC)cc1. The molecule has 8 heteroatoms. The molecule has 0 aliphatic rings. The molecule has 0 aromatic heterocycles. The van der Waals surface area contributed by atoms with Crippen LogP contribution in [-0.2, 0) is 23.8 Å². The second-order valence-corrected chi connectivity index (χ2v) is 9.24. The molecule has 0 unspecified atom stereocenters. The van der Waals surface area contributed by atoms with Gasteiger partial charge < -0.3 is 18.9 Å². The molecule has 0 fully saturated rings. The van der Waals surface area contributed by atoms with E-state index < -0.39 is 41.5 Å². The summed E-state index contributed by atoms with van der Waals surface area (Å²) in [6, 6.07) is 15.4. The van der Waals surface area contributed by atoms with Gasteiger partial charge in [-0.15, -0.1) is 0 Å². The molecule has 196 valence electrons. The van der Waals surface area contributed by atoms with Gasteiger partial charge in [-0.2, -0.15) is 0 Å². The molecule has 0 heterocycles. The van der Waals surface area contributed by atoms with Gasteiger partial charge in [0.1, 0.15) is 11.4 Å². The highest BCUT2D eigenvalue weighted by Crippen LogP contribution is 2.39. The molecule has 1 amide bonds. The van der Waals surface area contributed by atoms with Crippen LogP contribution in [0.1, 0.15) is 53.1 Å². The number of esters is 2. The van der Waals surface area contributed by atoms with Crippen LogP contribution in [-0.4, -0.2) is 44.0 Å². The summed E-state index contributed by atoms with van der Waals surface area (Å²) < 4.78 is 21.6. The Morgan fingerprint density at radius 3 is 1.83 bits per heavy atom. The number of hydrogen-bond donors (Lipinski definition) is 0. The first-order valence-corrected chi connectivity index (χ1v) is 12.1. The number of benzene rings is 2. The average Bonchev–Trinajstić information content (AvgIpc) is 2.82.